The Morgan fingerprint density at radius 2 is 1.72 bits per heavy atom. The third kappa shape index (κ3) is 5.66. The van der Waals surface area contributed by atoms with E-state index >= 15 is 0 Å². The molecular formula is C21H26BrN3O3S. The smallest absolute Gasteiger partial charge is 0.255 e. The highest BCUT2D eigenvalue weighted by Gasteiger charge is 2.25. The Hall–Kier alpha value is -1.74. The van der Waals surface area contributed by atoms with Crippen LogP contribution in [-0.4, -0.2) is 55.5 Å². The van der Waals surface area contributed by atoms with Crippen LogP contribution in [0.5, 0.6) is 0 Å². The first-order chi connectivity index (χ1) is 13.8. The highest BCUT2D eigenvalue weighted by atomic mass is 79.9. The van der Waals surface area contributed by atoms with E-state index in [-0.39, 0.29) is 11.7 Å². The molecule has 0 saturated carbocycles. The van der Waals surface area contributed by atoms with Crippen molar-refractivity contribution in [3.8, 4) is 0 Å². The molecule has 1 aliphatic heterocycles. The molecule has 1 fully saturated rings. The molecule has 2 aromatic rings. The van der Waals surface area contributed by atoms with E-state index < -0.39 is 10.0 Å². The number of halogens is 1. The fourth-order valence-corrected chi connectivity index (χ4v) is 4.63. The predicted molar refractivity (Wildman–Crippen MR) is 120 cm³/mol. The topological polar surface area (TPSA) is 69.7 Å². The van der Waals surface area contributed by atoms with Crippen LogP contribution >= 0.6 is 15.9 Å². The van der Waals surface area contributed by atoms with Crippen LogP contribution in [0.3, 0.4) is 0 Å². The van der Waals surface area contributed by atoms with Crippen LogP contribution in [0.1, 0.15) is 28.4 Å². The van der Waals surface area contributed by atoms with Gasteiger partial charge in [0.05, 0.1) is 5.75 Å². The molecule has 8 heteroatoms. The zero-order valence-electron chi connectivity index (χ0n) is 16.7. The van der Waals surface area contributed by atoms with Gasteiger partial charge in [0.1, 0.15) is 0 Å². The number of carbonyl (C=O) groups is 1. The minimum atomic E-state index is -3.10. The van der Waals surface area contributed by atoms with E-state index in [1.807, 2.05) is 49.4 Å². The Labute approximate surface area is 181 Å². The summed E-state index contributed by atoms with van der Waals surface area (Å²) in [5, 5.41) is 2.92. The van der Waals surface area contributed by atoms with Gasteiger partial charge in [-0.15, -0.1) is 0 Å². The van der Waals surface area contributed by atoms with Gasteiger partial charge in [0.15, 0.2) is 0 Å². The third-order valence-corrected chi connectivity index (χ3v) is 7.90. The van der Waals surface area contributed by atoms with Gasteiger partial charge in [0, 0.05) is 48.4 Å². The number of rotatable bonds is 6. The molecule has 0 bridgehead atoms. The van der Waals surface area contributed by atoms with Gasteiger partial charge in [-0.3, -0.25) is 9.69 Å². The van der Waals surface area contributed by atoms with Crippen LogP contribution in [0.2, 0.25) is 0 Å². The number of carbonyl (C=O) groups excluding carboxylic acids is 1. The number of nitrogens with one attached hydrogen (secondary N) is 1. The Morgan fingerprint density at radius 3 is 2.31 bits per heavy atom. The van der Waals surface area contributed by atoms with Crippen molar-refractivity contribution >= 4 is 37.5 Å². The maximum atomic E-state index is 12.5. The first-order valence-electron chi connectivity index (χ1n) is 9.65. The molecule has 156 valence electrons. The number of hydrogen-bond donors (Lipinski definition) is 1. The second-order valence-corrected chi connectivity index (χ2v) is 10.3. The van der Waals surface area contributed by atoms with Gasteiger partial charge in [-0.25, -0.2) is 8.42 Å². The molecule has 1 amide bonds. The molecule has 3 rings (SSSR count). The molecule has 1 saturated heterocycles. The van der Waals surface area contributed by atoms with Gasteiger partial charge in [-0.2, -0.15) is 4.31 Å². The molecule has 0 spiro atoms. The molecule has 1 N–H and O–H groups in total. The quantitative estimate of drug-likeness (QED) is 0.688. The van der Waals surface area contributed by atoms with Crippen molar-refractivity contribution < 1.29 is 13.2 Å². The summed E-state index contributed by atoms with van der Waals surface area (Å²) < 4.78 is 26.5. The predicted octanol–water partition coefficient (Wildman–Crippen LogP) is 3.48. The second kappa shape index (κ2) is 9.38. The number of sulfonamides is 1. The van der Waals surface area contributed by atoms with Crippen LogP contribution in [-0.2, 0) is 16.6 Å². The van der Waals surface area contributed by atoms with E-state index in [1.54, 1.807) is 11.2 Å². The number of piperazine rings is 1. The van der Waals surface area contributed by atoms with Crippen molar-refractivity contribution in [2.75, 3.05) is 37.2 Å². The van der Waals surface area contributed by atoms with Crippen LogP contribution in [0.15, 0.2) is 46.9 Å². The van der Waals surface area contributed by atoms with Gasteiger partial charge in [-0.1, -0.05) is 28.1 Å². The largest absolute Gasteiger partial charge is 0.322 e. The summed E-state index contributed by atoms with van der Waals surface area (Å²) in [7, 11) is -3.10. The van der Waals surface area contributed by atoms with E-state index in [0.29, 0.717) is 31.7 Å². The van der Waals surface area contributed by atoms with Crippen molar-refractivity contribution in [2.24, 2.45) is 0 Å². The summed E-state index contributed by atoms with van der Waals surface area (Å²) in [5.41, 5.74) is 3.53. The fourth-order valence-electron chi connectivity index (χ4n) is 3.29. The molecule has 1 heterocycles. The zero-order valence-corrected chi connectivity index (χ0v) is 19.1. The summed E-state index contributed by atoms with van der Waals surface area (Å²) in [6, 6.07) is 13.3. The van der Waals surface area contributed by atoms with Gasteiger partial charge in [0.2, 0.25) is 10.0 Å². The Bertz CT molecular complexity index is 969. The molecule has 0 atom stereocenters. The summed E-state index contributed by atoms with van der Waals surface area (Å²) in [4.78, 5) is 14.7. The van der Waals surface area contributed by atoms with E-state index in [0.717, 1.165) is 27.8 Å². The lowest BCUT2D eigenvalue weighted by atomic mass is 10.1. The summed E-state index contributed by atoms with van der Waals surface area (Å²) in [5.74, 6) is 0.00717. The van der Waals surface area contributed by atoms with Crippen LogP contribution in [0.4, 0.5) is 5.69 Å². The van der Waals surface area contributed by atoms with Gasteiger partial charge < -0.3 is 5.32 Å². The average molecular weight is 480 g/mol. The number of anilines is 1. The van der Waals surface area contributed by atoms with E-state index in [4.69, 9.17) is 0 Å². The lowest BCUT2D eigenvalue weighted by Gasteiger charge is -2.33. The molecule has 0 aliphatic carbocycles. The Morgan fingerprint density at radius 1 is 1.07 bits per heavy atom. The van der Waals surface area contributed by atoms with Crippen molar-refractivity contribution in [3.05, 3.63) is 63.6 Å². The standard InChI is InChI=1S/C21H26BrN3O3S/c1-3-29(27,28)25-12-10-24(11-13-25)15-17-4-6-18(7-5-17)21(26)23-19-8-9-20(22)16(2)14-19/h4-9,14H,3,10-13,15H2,1-2H3,(H,23,26). The summed E-state index contributed by atoms with van der Waals surface area (Å²) in [6.07, 6.45) is 0. The molecule has 0 aromatic heterocycles. The molecule has 6 nitrogen and oxygen atoms in total. The summed E-state index contributed by atoms with van der Waals surface area (Å²) >= 11 is 3.46. The molecular weight excluding hydrogens is 454 g/mol. The average Bonchev–Trinajstić information content (AvgIpc) is 2.71. The van der Waals surface area contributed by atoms with Crippen molar-refractivity contribution in [3.63, 3.8) is 0 Å². The Kier molecular flexibility index (Phi) is 7.10. The fraction of sp³-hybridized carbons (Fsp3) is 0.381. The monoisotopic (exact) mass is 479 g/mol. The highest BCUT2D eigenvalue weighted by Crippen LogP contribution is 2.20. The van der Waals surface area contributed by atoms with Gasteiger partial charge in [-0.05, 0) is 55.3 Å². The van der Waals surface area contributed by atoms with E-state index in [1.165, 1.54) is 0 Å². The van der Waals surface area contributed by atoms with Gasteiger partial charge in [0.25, 0.3) is 5.91 Å². The number of aryl methyl sites for hydroxylation is 1. The van der Waals surface area contributed by atoms with Crippen LogP contribution < -0.4 is 5.32 Å². The van der Waals surface area contributed by atoms with Crippen molar-refractivity contribution in [2.45, 2.75) is 20.4 Å². The molecule has 0 radical (unpaired) electrons. The van der Waals surface area contributed by atoms with Gasteiger partial charge >= 0.3 is 0 Å². The minimum Gasteiger partial charge on any atom is -0.322 e. The number of amides is 1. The maximum Gasteiger partial charge on any atom is 0.255 e. The number of benzene rings is 2. The summed E-state index contributed by atoms with van der Waals surface area (Å²) in [6.45, 7) is 6.89. The van der Waals surface area contributed by atoms with Crippen LogP contribution in [0, 0.1) is 6.92 Å². The van der Waals surface area contributed by atoms with E-state index in [9.17, 15) is 13.2 Å². The van der Waals surface area contributed by atoms with E-state index in [2.05, 4.69) is 26.1 Å². The first-order valence-corrected chi connectivity index (χ1v) is 12.1. The minimum absolute atomic E-state index is 0.142. The Balaban J connectivity index is 1.55. The normalized spacial score (nSPS) is 16.0. The molecule has 2 aromatic carbocycles. The number of hydrogen-bond acceptors (Lipinski definition) is 4. The first kappa shape index (κ1) is 22.0. The third-order valence-electron chi connectivity index (χ3n) is 5.13. The van der Waals surface area contributed by atoms with Crippen molar-refractivity contribution in [1.29, 1.82) is 0 Å². The second-order valence-electron chi connectivity index (χ2n) is 7.19. The zero-order chi connectivity index (χ0) is 21.0. The molecule has 29 heavy (non-hydrogen) atoms. The molecule has 0 unspecified atom stereocenters. The number of nitrogens with zero attached hydrogens (tertiary/aromatic N) is 2. The highest BCUT2D eigenvalue weighted by molar-refractivity contribution is 9.10. The van der Waals surface area contributed by atoms with Crippen molar-refractivity contribution in [1.82, 2.24) is 9.21 Å². The molecule has 1 aliphatic rings. The lowest BCUT2D eigenvalue weighted by molar-refractivity contribution is 0.102. The maximum absolute atomic E-state index is 12.5. The lowest BCUT2D eigenvalue weighted by Crippen LogP contribution is -2.48. The SMILES string of the molecule is CCS(=O)(=O)N1CCN(Cc2ccc(C(=O)Nc3ccc(Br)c(C)c3)cc2)CC1. The van der Waals surface area contributed by atoms with Crippen LogP contribution in [0.25, 0.3) is 0 Å².